The van der Waals surface area contributed by atoms with Crippen LogP contribution in [0.2, 0.25) is 0 Å². The molecule has 0 saturated carbocycles. The van der Waals surface area contributed by atoms with Crippen LogP contribution in [-0.4, -0.2) is 43.1 Å². The second-order valence-corrected chi connectivity index (χ2v) is 6.99. The molecule has 6 heteroatoms. The van der Waals surface area contributed by atoms with Gasteiger partial charge in [0, 0.05) is 5.92 Å². The van der Waals surface area contributed by atoms with Crippen molar-refractivity contribution in [2.75, 3.05) is 18.1 Å². The molecule has 0 aromatic heterocycles. The van der Waals surface area contributed by atoms with Crippen molar-refractivity contribution >= 4 is 15.8 Å². The van der Waals surface area contributed by atoms with Crippen molar-refractivity contribution in [2.24, 2.45) is 5.92 Å². The molecule has 2 fully saturated rings. The summed E-state index contributed by atoms with van der Waals surface area (Å²) in [5, 5.41) is 12.4. The molecule has 0 radical (unpaired) electrons. The topological polar surface area (TPSA) is 83.5 Å². The summed E-state index contributed by atoms with van der Waals surface area (Å²) in [6.45, 7) is 0.669. The second-order valence-electron chi connectivity index (χ2n) is 4.76. The highest BCUT2D eigenvalue weighted by Gasteiger charge is 2.50. The van der Waals surface area contributed by atoms with Crippen molar-refractivity contribution in [3.63, 3.8) is 0 Å². The van der Waals surface area contributed by atoms with Crippen molar-refractivity contribution in [3.05, 3.63) is 0 Å². The molecule has 0 aliphatic carbocycles. The number of hydrogen-bond acceptors (Lipinski definition) is 4. The van der Waals surface area contributed by atoms with Gasteiger partial charge in [-0.15, -0.1) is 0 Å². The van der Waals surface area contributed by atoms with Crippen molar-refractivity contribution in [2.45, 2.75) is 31.2 Å². The third-order valence-electron chi connectivity index (χ3n) is 3.75. The Morgan fingerprint density at radius 2 is 2.12 bits per heavy atom. The first kappa shape index (κ1) is 11.9. The number of carboxylic acid groups (broad SMARTS) is 1. The number of carboxylic acids is 1. The molecule has 0 aromatic carbocycles. The number of nitrogens with one attached hydrogen (secondary N) is 1. The Morgan fingerprint density at radius 3 is 2.56 bits per heavy atom. The van der Waals surface area contributed by atoms with Crippen LogP contribution in [0.4, 0.5) is 0 Å². The van der Waals surface area contributed by atoms with Crippen molar-refractivity contribution in [1.29, 1.82) is 0 Å². The minimum absolute atomic E-state index is 0.0201. The largest absolute Gasteiger partial charge is 0.480 e. The summed E-state index contributed by atoms with van der Waals surface area (Å²) in [6.07, 6.45) is 2.84. The predicted molar refractivity (Wildman–Crippen MR) is 59.0 cm³/mol. The molecule has 92 valence electrons. The Bertz CT molecular complexity index is 384. The summed E-state index contributed by atoms with van der Waals surface area (Å²) >= 11 is 0. The van der Waals surface area contributed by atoms with E-state index in [0.29, 0.717) is 19.4 Å². The summed E-state index contributed by atoms with van der Waals surface area (Å²) in [6, 6.07) is 0. The van der Waals surface area contributed by atoms with Gasteiger partial charge in [0.15, 0.2) is 9.84 Å². The lowest BCUT2D eigenvalue weighted by molar-refractivity contribution is -0.148. The van der Waals surface area contributed by atoms with E-state index in [9.17, 15) is 18.3 Å². The molecule has 2 N–H and O–H groups in total. The monoisotopic (exact) mass is 247 g/mol. The molecule has 2 heterocycles. The van der Waals surface area contributed by atoms with Gasteiger partial charge in [-0.1, -0.05) is 0 Å². The van der Waals surface area contributed by atoms with Gasteiger partial charge >= 0.3 is 5.97 Å². The van der Waals surface area contributed by atoms with E-state index in [1.807, 2.05) is 0 Å². The Balaban J connectivity index is 2.23. The molecule has 2 saturated heterocycles. The summed E-state index contributed by atoms with van der Waals surface area (Å²) in [5.41, 5.74) is -0.998. The fourth-order valence-corrected chi connectivity index (χ4v) is 4.69. The van der Waals surface area contributed by atoms with Gasteiger partial charge in [0.05, 0.1) is 11.5 Å². The van der Waals surface area contributed by atoms with Gasteiger partial charge in [0.25, 0.3) is 0 Å². The van der Waals surface area contributed by atoms with Gasteiger partial charge in [-0.3, -0.25) is 4.79 Å². The highest BCUT2D eigenvalue weighted by Crippen LogP contribution is 2.35. The number of rotatable bonds is 2. The molecule has 2 aliphatic rings. The maximum atomic E-state index is 11.4. The number of piperidine rings is 1. The first-order valence-corrected chi connectivity index (χ1v) is 7.47. The van der Waals surface area contributed by atoms with E-state index < -0.39 is 21.3 Å². The summed E-state index contributed by atoms with van der Waals surface area (Å²) < 4.78 is 22.9. The number of carbonyl (C=O) groups is 1. The molecule has 0 aromatic rings. The van der Waals surface area contributed by atoms with Crippen molar-refractivity contribution in [3.8, 4) is 0 Å². The van der Waals surface area contributed by atoms with Crippen LogP contribution in [-0.2, 0) is 14.6 Å². The van der Waals surface area contributed by atoms with E-state index in [1.165, 1.54) is 0 Å². The van der Waals surface area contributed by atoms with Crippen molar-refractivity contribution in [1.82, 2.24) is 5.32 Å². The minimum atomic E-state index is -3.02. The second kappa shape index (κ2) is 4.00. The van der Waals surface area contributed by atoms with E-state index in [0.717, 1.165) is 12.8 Å². The Kier molecular flexibility index (Phi) is 2.96. The Hall–Kier alpha value is -0.620. The highest BCUT2D eigenvalue weighted by molar-refractivity contribution is 7.91. The highest BCUT2D eigenvalue weighted by atomic mass is 32.2. The maximum Gasteiger partial charge on any atom is 0.324 e. The average molecular weight is 247 g/mol. The lowest BCUT2D eigenvalue weighted by Crippen LogP contribution is -2.60. The Morgan fingerprint density at radius 1 is 1.38 bits per heavy atom. The van der Waals surface area contributed by atoms with Crippen LogP contribution in [0.5, 0.6) is 0 Å². The zero-order valence-corrected chi connectivity index (χ0v) is 9.92. The summed E-state index contributed by atoms with van der Waals surface area (Å²) in [5.74, 6) is -1.01. The van der Waals surface area contributed by atoms with Gasteiger partial charge in [-0.05, 0) is 32.2 Å². The SMILES string of the molecule is O=C(O)C1(C2CCS(=O)(=O)C2)CCCCN1. The van der Waals surface area contributed by atoms with Gasteiger partial charge in [0.1, 0.15) is 5.54 Å². The first-order valence-electron chi connectivity index (χ1n) is 5.65. The third-order valence-corrected chi connectivity index (χ3v) is 5.52. The lowest BCUT2D eigenvalue weighted by Gasteiger charge is -2.38. The van der Waals surface area contributed by atoms with Gasteiger partial charge in [0.2, 0.25) is 0 Å². The standard InChI is InChI=1S/C10H17NO4S/c12-9(13)10(4-1-2-5-11-10)8-3-6-16(14,15)7-8/h8,11H,1-7H2,(H,12,13). The van der Waals surface area contributed by atoms with Crippen LogP contribution in [0.1, 0.15) is 25.7 Å². The zero-order chi connectivity index (χ0) is 11.8. The Labute approximate surface area is 95.1 Å². The van der Waals surface area contributed by atoms with Crippen LogP contribution in [0.25, 0.3) is 0 Å². The first-order chi connectivity index (χ1) is 7.46. The van der Waals surface area contributed by atoms with Crippen LogP contribution < -0.4 is 5.32 Å². The van der Waals surface area contributed by atoms with Crippen LogP contribution in [0.3, 0.4) is 0 Å². The van der Waals surface area contributed by atoms with Crippen LogP contribution in [0, 0.1) is 5.92 Å². The van der Waals surface area contributed by atoms with Crippen LogP contribution in [0.15, 0.2) is 0 Å². The molecule has 16 heavy (non-hydrogen) atoms. The average Bonchev–Trinajstić information content (AvgIpc) is 2.60. The summed E-state index contributed by atoms with van der Waals surface area (Å²) in [7, 11) is -3.02. The molecule has 2 aliphatic heterocycles. The normalized spacial score (nSPS) is 38.4. The molecule has 0 bridgehead atoms. The molecule has 2 rings (SSSR count). The van der Waals surface area contributed by atoms with Gasteiger partial charge < -0.3 is 10.4 Å². The van der Waals surface area contributed by atoms with E-state index in [-0.39, 0.29) is 17.4 Å². The molecule has 0 spiro atoms. The molecule has 0 amide bonds. The smallest absolute Gasteiger partial charge is 0.324 e. The zero-order valence-electron chi connectivity index (χ0n) is 9.11. The van der Waals surface area contributed by atoms with E-state index >= 15 is 0 Å². The predicted octanol–water partition coefficient (Wildman–Crippen LogP) is 0.0180. The van der Waals surface area contributed by atoms with E-state index in [1.54, 1.807) is 0 Å². The molecular formula is C10H17NO4S. The van der Waals surface area contributed by atoms with Gasteiger partial charge in [-0.25, -0.2) is 8.42 Å². The minimum Gasteiger partial charge on any atom is -0.480 e. The molecule has 5 nitrogen and oxygen atoms in total. The number of hydrogen-bond donors (Lipinski definition) is 2. The van der Waals surface area contributed by atoms with Crippen LogP contribution >= 0.6 is 0 Å². The van der Waals surface area contributed by atoms with Crippen molar-refractivity contribution < 1.29 is 18.3 Å². The lowest BCUT2D eigenvalue weighted by atomic mass is 9.77. The molecular weight excluding hydrogens is 230 g/mol. The van der Waals surface area contributed by atoms with E-state index in [4.69, 9.17) is 0 Å². The fraction of sp³-hybridized carbons (Fsp3) is 0.900. The quantitative estimate of drug-likeness (QED) is 0.718. The van der Waals surface area contributed by atoms with Gasteiger partial charge in [-0.2, -0.15) is 0 Å². The summed E-state index contributed by atoms with van der Waals surface area (Å²) in [4.78, 5) is 11.4. The number of aliphatic carboxylic acids is 1. The fourth-order valence-electron chi connectivity index (χ4n) is 2.82. The molecule has 2 unspecified atom stereocenters. The third kappa shape index (κ3) is 1.96. The van der Waals surface area contributed by atoms with E-state index in [2.05, 4.69) is 5.32 Å². The maximum absolute atomic E-state index is 11.4. The number of sulfone groups is 1. The molecule has 2 atom stereocenters.